The van der Waals surface area contributed by atoms with Crippen molar-refractivity contribution < 1.29 is 19.8 Å². The highest BCUT2D eigenvalue weighted by atomic mass is 32.1. The summed E-state index contributed by atoms with van der Waals surface area (Å²) in [5.74, 6) is 5.85. The Morgan fingerprint density at radius 2 is 1.67 bits per heavy atom. The summed E-state index contributed by atoms with van der Waals surface area (Å²) in [6.07, 6.45) is 15.8. The van der Waals surface area contributed by atoms with Crippen LogP contribution in [0.25, 0.3) is 0 Å². The molecule has 0 bridgehead atoms. The lowest BCUT2D eigenvalue weighted by molar-refractivity contribution is -0.124. The minimum Gasteiger partial charge on any atom is -0.506 e. The average molecular weight is 556 g/mol. The topological polar surface area (TPSA) is 103 Å². The van der Waals surface area contributed by atoms with Gasteiger partial charge in [0.15, 0.2) is 0 Å². The fraction of sp³-hybridized carbons (Fsp3) is 0.581. The minimum atomic E-state index is -1.04. The number of carbonyl (C=O) groups excluding carboxylic acids is 1. The molecule has 8 heteroatoms. The van der Waals surface area contributed by atoms with Crippen LogP contribution in [0.3, 0.4) is 0 Å². The van der Waals surface area contributed by atoms with Crippen LogP contribution in [0, 0.1) is 29.1 Å². The molecule has 0 unspecified atom stereocenters. The number of hydrogen-bond acceptors (Lipinski definition) is 6. The molecule has 0 atom stereocenters. The summed E-state index contributed by atoms with van der Waals surface area (Å²) in [7, 11) is 1.65. The summed E-state index contributed by atoms with van der Waals surface area (Å²) in [4.78, 5) is 29.1. The van der Waals surface area contributed by atoms with Gasteiger partial charge >= 0.3 is 5.97 Å². The Morgan fingerprint density at radius 3 is 2.08 bits per heavy atom. The van der Waals surface area contributed by atoms with Crippen molar-refractivity contribution in [1.82, 2.24) is 10.4 Å². The number of thiophene rings is 1. The van der Waals surface area contributed by atoms with Crippen LogP contribution in [0.2, 0.25) is 0 Å². The van der Waals surface area contributed by atoms with Crippen LogP contribution >= 0.6 is 11.3 Å². The van der Waals surface area contributed by atoms with E-state index in [1.54, 1.807) is 31.4 Å². The molecule has 2 saturated carbocycles. The van der Waals surface area contributed by atoms with Crippen LogP contribution in [0.5, 0.6) is 5.75 Å². The maximum absolute atomic E-state index is 13.0. The number of carbonyl (C=O) groups is 2. The predicted octanol–water partition coefficient (Wildman–Crippen LogP) is 7.27. The Labute approximate surface area is 238 Å². The molecule has 0 aliphatic heterocycles. The quantitative estimate of drug-likeness (QED) is 0.271. The minimum absolute atomic E-state index is 0.0602. The number of hydrogen-bond donors (Lipinski definition) is 3. The van der Waals surface area contributed by atoms with E-state index in [2.05, 4.69) is 29.2 Å². The molecular formula is C31H45N3O4S. The third kappa shape index (κ3) is 11.8. The molecule has 0 aromatic carbocycles. The maximum Gasteiger partial charge on any atom is 0.348 e. The Kier molecular flexibility index (Phi) is 13.5. The van der Waals surface area contributed by atoms with Gasteiger partial charge in [-0.1, -0.05) is 57.3 Å². The first-order chi connectivity index (χ1) is 18.5. The van der Waals surface area contributed by atoms with E-state index in [1.807, 2.05) is 20.8 Å². The zero-order valence-corrected chi connectivity index (χ0v) is 24.9. The lowest BCUT2D eigenvalue weighted by Gasteiger charge is -2.30. The van der Waals surface area contributed by atoms with E-state index < -0.39 is 5.97 Å². The van der Waals surface area contributed by atoms with Crippen LogP contribution < -0.4 is 10.4 Å². The van der Waals surface area contributed by atoms with Gasteiger partial charge in [-0.25, -0.2) is 15.2 Å². The van der Waals surface area contributed by atoms with Gasteiger partial charge in [0.05, 0.1) is 16.8 Å². The Morgan fingerprint density at radius 1 is 1.08 bits per heavy atom. The normalized spacial score (nSPS) is 18.7. The largest absolute Gasteiger partial charge is 0.506 e. The highest BCUT2D eigenvalue weighted by Crippen LogP contribution is 2.34. The summed E-state index contributed by atoms with van der Waals surface area (Å²) >= 11 is 1.11. The number of rotatable bonds is 4. The predicted molar refractivity (Wildman–Crippen MR) is 159 cm³/mol. The van der Waals surface area contributed by atoms with Crippen molar-refractivity contribution in [2.24, 2.45) is 17.3 Å². The second kappa shape index (κ2) is 16.3. The highest BCUT2D eigenvalue weighted by Gasteiger charge is 2.31. The number of aromatic hydroxyl groups is 1. The third-order valence-electron chi connectivity index (χ3n) is 6.66. The number of aromatic nitrogens is 1. The number of aromatic carboxylic acids is 1. The zero-order chi connectivity index (χ0) is 28.8. The molecule has 39 heavy (non-hydrogen) atoms. The van der Waals surface area contributed by atoms with E-state index in [1.165, 1.54) is 49.7 Å². The van der Waals surface area contributed by atoms with Crippen molar-refractivity contribution in [2.45, 2.75) is 91.9 Å². The first kappa shape index (κ1) is 32.3. The zero-order valence-electron chi connectivity index (χ0n) is 24.1. The number of nitrogens with zero attached hydrogens (tertiary/aromatic N) is 2. The van der Waals surface area contributed by atoms with E-state index in [9.17, 15) is 14.7 Å². The molecular weight excluding hydrogens is 510 g/mol. The number of carboxylic acid groups (broad SMARTS) is 1. The number of nitrogens with one attached hydrogen (secondary N) is 1. The molecule has 0 radical (unpaired) electrons. The summed E-state index contributed by atoms with van der Waals surface area (Å²) in [5.41, 5.74) is 3.09. The molecule has 2 aromatic heterocycles. The standard InChI is InChI=1S/C20H28N2O3S.C6H12.C5H5NO/c1-13-6-8-14(9-7-13)18(23)22(21-5)16-12-15(10-11-20(2,3)4)26-17(16)19(24)25;1-2-4-6-5-3-1;7-5-2-1-3-6-4-5/h12-14,21H,6-9H2,1-5H3,(H,24,25);1-6H2;1-4,7H. The van der Waals surface area contributed by atoms with Crippen LogP contribution in [0.1, 0.15) is 106 Å². The van der Waals surface area contributed by atoms with Crippen molar-refractivity contribution in [3.8, 4) is 17.6 Å². The molecule has 2 aliphatic carbocycles. The highest BCUT2D eigenvalue weighted by molar-refractivity contribution is 7.15. The van der Waals surface area contributed by atoms with Crippen LogP contribution in [-0.2, 0) is 4.79 Å². The molecule has 7 nitrogen and oxygen atoms in total. The molecule has 214 valence electrons. The molecule has 1 amide bonds. The number of carboxylic acids is 1. The van der Waals surface area contributed by atoms with Gasteiger partial charge in [0, 0.05) is 24.6 Å². The van der Waals surface area contributed by atoms with E-state index in [4.69, 9.17) is 5.11 Å². The summed E-state index contributed by atoms with van der Waals surface area (Å²) in [6, 6.07) is 4.95. The number of anilines is 1. The smallest absolute Gasteiger partial charge is 0.348 e. The van der Waals surface area contributed by atoms with Crippen LogP contribution in [-0.4, -0.2) is 34.1 Å². The van der Waals surface area contributed by atoms with Gasteiger partial charge in [-0.3, -0.25) is 9.78 Å². The molecule has 3 N–H and O–H groups in total. The molecule has 2 aromatic rings. The first-order valence-electron chi connectivity index (χ1n) is 14.0. The molecule has 2 fully saturated rings. The molecule has 0 spiro atoms. The van der Waals surface area contributed by atoms with Gasteiger partial charge in [0.1, 0.15) is 10.6 Å². The van der Waals surface area contributed by atoms with E-state index in [0.29, 0.717) is 16.5 Å². The van der Waals surface area contributed by atoms with Crippen LogP contribution in [0.4, 0.5) is 5.69 Å². The van der Waals surface area contributed by atoms with Gasteiger partial charge in [0.25, 0.3) is 0 Å². The van der Waals surface area contributed by atoms with Crippen molar-refractivity contribution in [3.05, 3.63) is 40.3 Å². The van der Waals surface area contributed by atoms with E-state index >= 15 is 0 Å². The SMILES string of the molecule is C1CCCCC1.CNN(C(=O)C1CCC(C)CC1)c1cc(C#CC(C)(C)C)sc1C(=O)O.Oc1cccnc1. The fourth-order valence-electron chi connectivity index (χ4n) is 4.46. The summed E-state index contributed by atoms with van der Waals surface area (Å²) in [5, 5.41) is 19.5. The lowest BCUT2D eigenvalue weighted by atomic mass is 9.82. The second-order valence-electron chi connectivity index (χ2n) is 11.3. The average Bonchev–Trinajstić information content (AvgIpc) is 3.34. The first-order valence-corrected chi connectivity index (χ1v) is 14.8. The Hall–Kier alpha value is -2.89. The Balaban J connectivity index is 0.000000330. The van der Waals surface area contributed by atoms with Gasteiger partial charge in [-0.2, -0.15) is 0 Å². The number of pyridine rings is 1. The fourth-order valence-corrected chi connectivity index (χ4v) is 5.30. The monoisotopic (exact) mass is 555 g/mol. The van der Waals surface area contributed by atoms with E-state index in [-0.39, 0.29) is 27.9 Å². The van der Waals surface area contributed by atoms with Gasteiger partial charge < -0.3 is 10.2 Å². The van der Waals surface area contributed by atoms with Gasteiger partial charge in [-0.15, -0.1) is 11.3 Å². The number of amides is 1. The van der Waals surface area contributed by atoms with Crippen molar-refractivity contribution in [3.63, 3.8) is 0 Å². The molecule has 0 saturated heterocycles. The lowest BCUT2D eigenvalue weighted by Crippen LogP contribution is -2.45. The van der Waals surface area contributed by atoms with Gasteiger partial charge in [-0.05, 0) is 70.6 Å². The molecule has 2 heterocycles. The molecule has 2 aliphatic rings. The Bertz CT molecular complexity index is 1080. The molecule has 4 rings (SSSR count). The van der Waals surface area contributed by atoms with Crippen LogP contribution in [0.15, 0.2) is 30.6 Å². The van der Waals surface area contributed by atoms with Crippen molar-refractivity contribution in [1.29, 1.82) is 0 Å². The van der Waals surface area contributed by atoms with Gasteiger partial charge in [0.2, 0.25) is 5.91 Å². The second-order valence-corrected chi connectivity index (χ2v) is 12.4. The maximum atomic E-state index is 13.0. The number of hydrazine groups is 1. The summed E-state index contributed by atoms with van der Waals surface area (Å²) < 4.78 is 0. The van der Waals surface area contributed by atoms with Crippen molar-refractivity contribution >= 4 is 28.9 Å². The third-order valence-corrected chi connectivity index (χ3v) is 7.69. The summed E-state index contributed by atoms with van der Waals surface area (Å²) in [6.45, 7) is 8.21. The van der Waals surface area contributed by atoms with E-state index in [0.717, 1.165) is 37.0 Å². The van der Waals surface area contributed by atoms with Crippen molar-refractivity contribution in [2.75, 3.05) is 12.1 Å².